The van der Waals surface area contributed by atoms with Crippen LogP contribution in [0.15, 0.2) is 24.3 Å². The van der Waals surface area contributed by atoms with Crippen LogP contribution >= 0.6 is 0 Å². The van der Waals surface area contributed by atoms with E-state index in [0.717, 1.165) is 30.8 Å². The fourth-order valence-electron chi connectivity index (χ4n) is 2.33. The minimum atomic E-state index is 0.0925. The van der Waals surface area contributed by atoms with Crippen LogP contribution in [0, 0.1) is 5.92 Å². The van der Waals surface area contributed by atoms with Gasteiger partial charge in [-0.1, -0.05) is 18.2 Å². The molecule has 3 heteroatoms. The number of hydrogen-bond acceptors (Lipinski definition) is 3. The topological polar surface area (TPSA) is 44.5 Å². The van der Waals surface area contributed by atoms with Gasteiger partial charge < -0.3 is 15.2 Å². The summed E-state index contributed by atoms with van der Waals surface area (Å²) in [7, 11) is 1.69. The molecule has 0 bridgehead atoms. The van der Waals surface area contributed by atoms with E-state index >= 15 is 0 Å². The number of ether oxygens (including phenoxy) is 2. The van der Waals surface area contributed by atoms with Crippen molar-refractivity contribution in [3.05, 3.63) is 29.8 Å². The summed E-state index contributed by atoms with van der Waals surface area (Å²) < 4.78 is 11.2. The van der Waals surface area contributed by atoms with Crippen molar-refractivity contribution in [2.75, 3.05) is 20.3 Å². The van der Waals surface area contributed by atoms with Crippen LogP contribution in [0.4, 0.5) is 0 Å². The summed E-state index contributed by atoms with van der Waals surface area (Å²) in [5.41, 5.74) is 6.93. The number of methoxy groups -OCH3 is 1. The van der Waals surface area contributed by atoms with Crippen molar-refractivity contribution < 1.29 is 9.47 Å². The van der Waals surface area contributed by atoms with Crippen LogP contribution in [-0.2, 0) is 4.74 Å². The fraction of sp³-hybridized carbons (Fsp3) is 0.538. The molecule has 0 radical (unpaired) electrons. The minimum absolute atomic E-state index is 0.0925. The molecule has 0 saturated carbocycles. The van der Waals surface area contributed by atoms with Gasteiger partial charge in [-0.15, -0.1) is 0 Å². The van der Waals surface area contributed by atoms with Crippen molar-refractivity contribution in [2.45, 2.75) is 18.9 Å². The Kier molecular flexibility index (Phi) is 3.80. The molecule has 1 aromatic rings. The normalized spacial score (nSPS) is 25.4. The lowest BCUT2D eigenvalue weighted by molar-refractivity contribution is -0.0263. The zero-order chi connectivity index (χ0) is 11.4. The predicted molar refractivity (Wildman–Crippen MR) is 63.5 cm³/mol. The van der Waals surface area contributed by atoms with Gasteiger partial charge in [0.05, 0.1) is 13.2 Å². The van der Waals surface area contributed by atoms with E-state index in [1.165, 1.54) is 0 Å². The van der Waals surface area contributed by atoms with Gasteiger partial charge in [-0.2, -0.15) is 0 Å². The molecule has 2 rings (SSSR count). The maximum absolute atomic E-state index is 5.85. The van der Waals surface area contributed by atoms with Gasteiger partial charge in [0.1, 0.15) is 5.75 Å². The molecule has 1 saturated heterocycles. The molecule has 1 aromatic carbocycles. The molecule has 3 nitrogen and oxygen atoms in total. The molecule has 0 spiro atoms. The standard InChI is InChI=1S/C13H19NO2/c1-15-12-7-3-2-6-11(12)13-10(9-14)5-4-8-16-13/h2-3,6-7,10,13H,4-5,8-9,14H2,1H3. The SMILES string of the molecule is COc1ccccc1C1OCCCC1CN. The van der Waals surface area contributed by atoms with Crippen molar-refractivity contribution in [3.63, 3.8) is 0 Å². The highest BCUT2D eigenvalue weighted by atomic mass is 16.5. The van der Waals surface area contributed by atoms with E-state index in [1.807, 2.05) is 18.2 Å². The number of para-hydroxylation sites is 1. The molecule has 0 amide bonds. The maximum atomic E-state index is 5.85. The molecule has 1 fully saturated rings. The Morgan fingerprint density at radius 2 is 2.25 bits per heavy atom. The molecule has 2 N–H and O–H groups in total. The highest BCUT2D eigenvalue weighted by molar-refractivity contribution is 5.35. The third-order valence-corrected chi connectivity index (χ3v) is 3.19. The summed E-state index contributed by atoms with van der Waals surface area (Å²) in [5.74, 6) is 1.30. The highest BCUT2D eigenvalue weighted by Crippen LogP contribution is 2.37. The number of benzene rings is 1. The van der Waals surface area contributed by atoms with E-state index < -0.39 is 0 Å². The van der Waals surface area contributed by atoms with Crippen LogP contribution in [0.25, 0.3) is 0 Å². The lowest BCUT2D eigenvalue weighted by atomic mass is 9.89. The summed E-state index contributed by atoms with van der Waals surface area (Å²) >= 11 is 0. The Labute approximate surface area is 96.5 Å². The lowest BCUT2D eigenvalue weighted by Gasteiger charge is -2.32. The monoisotopic (exact) mass is 221 g/mol. The second-order valence-corrected chi connectivity index (χ2v) is 4.17. The molecule has 16 heavy (non-hydrogen) atoms. The van der Waals surface area contributed by atoms with Crippen molar-refractivity contribution in [2.24, 2.45) is 11.7 Å². The summed E-state index contributed by atoms with van der Waals surface area (Å²) in [4.78, 5) is 0. The second-order valence-electron chi connectivity index (χ2n) is 4.17. The molecule has 0 aliphatic carbocycles. The first-order chi connectivity index (χ1) is 7.86. The Hall–Kier alpha value is -1.06. The summed E-state index contributed by atoms with van der Waals surface area (Å²) in [5, 5.41) is 0. The zero-order valence-corrected chi connectivity index (χ0v) is 9.69. The zero-order valence-electron chi connectivity index (χ0n) is 9.69. The van der Waals surface area contributed by atoms with Crippen molar-refractivity contribution in [3.8, 4) is 5.75 Å². The molecule has 1 heterocycles. The van der Waals surface area contributed by atoms with E-state index in [0.29, 0.717) is 12.5 Å². The van der Waals surface area contributed by atoms with Gasteiger partial charge in [0, 0.05) is 18.1 Å². The first-order valence-electron chi connectivity index (χ1n) is 5.81. The van der Waals surface area contributed by atoms with Crippen LogP contribution in [0.3, 0.4) is 0 Å². The average Bonchev–Trinajstić information content (AvgIpc) is 2.38. The minimum Gasteiger partial charge on any atom is -0.496 e. The third kappa shape index (κ3) is 2.20. The maximum Gasteiger partial charge on any atom is 0.124 e. The Bertz CT molecular complexity index is 340. The van der Waals surface area contributed by atoms with Crippen LogP contribution in [0.5, 0.6) is 5.75 Å². The van der Waals surface area contributed by atoms with Crippen LogP contribution in [0.1, 0.15) is 24.5 Å². The van der Waals surface area contributed by atoms with Gasteiger partial charge in [0.25, 0.3) is 0 Å². The van der Waals surface area contributed by atoms with Crippen molar-refractivity contribution in [1.29, 1.82) is 0 Å². The molecular weight excluding hydrogens is 202 g/mol. The van der Waals surface area contributed by atoms with Crippen LogP contribution in [-0.4, -0.2) is 20.3 Å². The summed E-state index contributed by atoms with van der Waals surface area (Å²) in [6.07, 6.45) is 2.34. The molecule has 2 atom stereocenters. The van der Waals surface area contributed by atoms with Crippen LogP contribution < -0.4 is 10.5 Å². The predicted octanol–water partition coefficient (Wildman–Crippen LogP) is 2.12. The number of rotatable bonds is 3. The summed E-state index contributed by atoms with van der Waals surface area (Å²) in [6.45, 7) is 1.49. The smallest absolute Gasteiger partial charge is 0.124 e. The molecular formula is C13H19NO2. The molecule has 2 unspecified atom stereocenters. The van der Waals surface area contributed by atoms with E-state index in [9.17, 15) is 0 Å². The van der Waals surface area contributed by atoms with E-state index in [2.05, 4.69) is 6.07 Å². The first kappa shape index (κ1) is 11.4. The Morgan fingerprint density at radius 1 is 1.44 bits per heavy atom. The second kappa shape index (κ2) is 5.32. The van der Waals surface area contributed by atoms with Gasteiger partial charge in [-0.3, -0.25) is 0 Å². The van der Waals surface area contributed by atoms with Gasteiger partial charge in [-0.25, -0.2) is 0 Å². The van der Waals surface area contributed by atoms with Crippen molar-refractivity contribution in [1.82, 2.24) is 0 Å². The van der Waals surface area contributed by atoms with E-state index in [4.69, 9.17) is 15.2 Å². The highest BCUT2D eigenvalue weighted by Gasteiger charge is 2.28. The van der Waals surface area contributed by atoms with Crippen molar-refractivity contribution >= 4 is 0 Å². The number of nitrogens with two attached hydrogens (primary N) is 1. The Balaban J connectivity index is 2.26. The fourth-order valence-corrected chi connectivity index (χ4v) is 2.33. The van der Waals surface area contributed by atoms with Gasteiger partial charge in [0.15, 0.2) is 0 Å². The largest absolute Gasteiger partial charge is 0.496 e. The first-order valence-corrected chi connectivity index (χ1v) is 5.81. The quantitative estimate of drug-likeness (QED) is 0.850. The molecule has 0 aromatic heterocycles. The molecule has 1 aliphatic rings. The van der Waals surface area contributed by atoms with Gasteiger partial charge in [0.2, 0.25) is 0 Å². The van der Waals surface area contributed by atoms with Gasteiger partial charge >= 0.3 is 0 Å². The van der Waals surface area contributed by atoms with Gasteiger partial charge in [-0.05, 0) is 25.5 Å². The average molecular weight is 221 g/mol. The lowest BCUT2D eigenvalue weighted by Crippen LogP contribution is -2.28. The van der Waals surface area contributed by atoms with Crippen LogP contribution in [0.2, 0.25) is 0 Å². The summed E-state index contributed by atoms with van der Waals surface area (Å²) in [6, 6.07) is 8.03. The van der Waals surface area contributed by atoms with E-state index in [-0.39, 0.29) is 6.10 Å². The number of hydrogen-bond donors (Lipinski definition) is 1. The van der Waals surface area contributed by atoms with E-state index in [1.54, 1.807) is 7.11 Å². The molecule has 1 aliphatic heterocycles. The Morgan fingerprint density at radius 3 is 3.00 bits per heavy atom. The third-order valence-electron chi connectivity index (χ3n) is 3.19. The molecule has 88 valence electrons.